The van der Waals surface area contributed by atoms with Crippen LogP contribution in [-0.4, -0.2) is 28.1 Å². The minimum absolute atomic E-state index is 0.262. The Kier molecular flexibility index (Phi) is 4.18. The molecule has 5 heteroatoms. The third-order valence-corrected chi connectivity index (χ3v) is 5.10. The van der Waals surface area contributed by atoms with Gasteiger partial charge in [0, 0.05) is 23.2 Å². The van der Waals surface area contributed by atoms with Crippen LogP contribution >= 0.6 is 11.6 Å². The molecule has 1 aliphatic heterocycles. The van der Waals surface area contributed by atoms with Gasteiger partial charge in [-0.25, -0.2) is 4.39 Å². The highest BCUT2D eigenvalue weighted by molar-refractivity contribution is 6.30. The van der Waals surface area contributed by atoms with E-state index in [1.54, 1.807) is 6.07 Å². The van der Waals surface area contributed by atoms with Crippen molar-refractivity contribution in [1.82, 2.24) is 4.90 Å². The van der Waals surface area contributed by atoms with Gasteiger partial charge in [0.25, 0.3) is 0 Å². The molecule has 1 heterocycles. The first kappa shape index (κ1) is 14.8. The Balaban J connectivity index is 1.86. The summed E-state index contributed by atoms with van der Waals surface area (Å²) in [6.07, 6.45) is 5.08. The number of benzene rings is 1. The number of carbonyl (C=O) groups is 1. The monoisotopic (exact) mass is 311 g/mol. The maximum Gasteiger partial charge on any atom is 0.320 e. The van der Waals surface area contributed by atoms with E-state index in [1.165, 1.54) is 18.6 Å². The molecule has 3 unspecified atom stereocenters. The molecule has 21 heavy (non-hydrogen) atoms. The summed E-state index contributed by atoms with van der Waals surface area (Å²) < 4.78 is 13.9. The highest BCUT2D eigenvalue weighted by Gasteiger charge is 2.45. The molecule has 2 fully saturated rings. The van der Waals surface area contributed by atoms with Crippen molar-refractivity contribution in [2.75, 3.05) is 0 Å². The van der Waals surface area contributed by atoms with Crippen LogP contribution in [0.25, 0.3) is 0 Å². The van der Waals surface area contributed by atoms with Crippen molar-refractivity contribution in [3.63, 3.8) is 0 Å². The highest BCUT2D eigenvalue weighted by Crippen LogP contribution is 2.40. The smallest absolute Gasteiger partial charge is 0.320 e. The first-order chi connectivity index (χ1) is 10.1. The second kappa shape index (κ2) is 5.93. The molecule has 3 atom stereocenters. The number of hydrogen-bond acceptors (Lipinski definition) is 2. The van der Waals surface area contributed by atoms with Crippen LogP contribution in [0.3, 0.4) is 0 Å². The number of rotatable bonds is 3. The fraction of sp³-hybridized carbons (Fsp3) is 0.562. The second-order valence-corrected chi connectivity index (χ2v) is 6.55. The summed E-state index contributed by atoms with van der Waals surface area (Å²) in [6.45, 7) is 0.324. The summed E-state index contributed by atoms with van der Waals surface area (Å²) in [7, 11) is 0. The van der Waals surface area contributed by atoms with Gasteiger partial charge in [0.15, 0.2) is 0 Å². The summed E-state index contributed by atoms with van der Waals surface area (Å²) in [6, 6.07) is 4.23. The van der Waals surface area contributed by atoms with E-state index >= 15 is 0 Å². The number of hydrogen-bond donors (Lipinski definition) is 1. The van der Waals surface area contributed by atoms with Crippen molar-refractivity contribution in [3.05, 3.63) is 34.6 Å². The lowest BCUT2D eigenvalue weighted by molar-refractivity contribution is -0.142. The number of likely N-dealkylation sites (tertiary alicyclic amines) is 1. The standard InChI is InChI=1S/C16H19ClFNO2/c17-12-5-6-13(18)11(7-12)9-19-14-4-2-1-3-10(14)8-15(19)16(20)21/h5-7,10,14-15H,1-4,8-9H2,(H,20,21). The number of nitrogens with zero attached hydrogens (tertiary/aromatic N) is 1. The zero-order chi connectivity index (χ0) is 15.0. The average molecular weight is 312 g/mol. The quantitative estimate of drug-likeness (QED) is 0.925. The molecule has 3 rings (SSSR count). The minimum atomic E-state index is -0.799. The van der Waals surface area contributed by atoms with Gasteiger partial charge in [-0.1, -0.05) is 24.4 Å². The largest absolute Gasteiger partial charge is 0.480 e. The molecular weight excluding hydrogens is 293 g/mol. The summed E-state index contributed by atoms with van der Waals surface area (Å²) in [4.78, 5) is 13.5. The Morgan fingerprint density at radius 2 is 2.14 bits per heavy atom. The summed E-state index contributed by atoms with van der Waals surface area (Å²) in [5, 5.41) is 9.96. The van der Waals surface area contributed by atoms with Crippen molar-refractivity contribution >= 4 is 17.6 Å². The zero-order valence-electron chi connectivity index (χ0n) is 11.8. The van der Waals surface area contributed by atoms with E-state index in [0.29, 0.717) is 29.5 Å². The van der Waals surface area contributed by atoms with E-state index in [9.17, 15) is 14.3 Å². The lowest BCUT2D eigenvalue weighted by Gasteiger charge is -2.33. The van der Waals surface area contributed by atoms with Crippen LogP contribution in [0, 0.1) is 11.7 Å². The fourth-order valence-electron chi connectivity index (χ4n) is 3.88. The normalized spacial score (nSPS) is 29.3. The molecule has 1 N–H and O–H groups in total. The topological polar surface area (TPSA) is 40.5 Å². The molecule has 1 aromatic carbocycles. The van der Waals surface area contributed by atoms with E-state index in [4.69, 9.17) is 11.6 Å². The van der Waals surface area contributed by atoms with Gasteiger partial charge in [-0.3, -0.25) is 9.69 Å². The molecule has 1 aromatic rings. The van der Waals surface area contributed by atoms with Crippen LogP contribution in [0.15, 0.2) is 18.2 Å². The van der Waals surface area contributed by atoms with Crippen molar-refractivity contribution in [2.24, 2.45) is 5.92 Å². The van der Waals surface area contributed by atoms with E-state index in [2.05, 4.69) is 0 Å². The number of halogens is 2. The predicted octanol–water partition coefficient (Wildman–Crippen LogP) is 3.70. The molecule has 2 aliphatic rings. The lowest BCUT2D eigenvalue weighted by Crippen LogP contribution is -2.41. The Bertz CT molecular complexity index is 551. The van der Waals surface area contributed by atoms with Gasteiger partial charge in [-0.2, -0.15) is 0 Å². The van der Waals surface area contributed by atoms with E-state index in [1.807, 2.05) is 4.90 Å². The summed E-state index contributed by atoms with van der Waals surface area (Å²) in [5.41, 5.74) is 0.486. The third kappa shape index (κ3) is 2.92. The molecule has 3 nitrogen and oxygen atoms in total. The maximum absolute atomic E-state index is 13.9. The molecule has 1 saturated heterocycles. The van der Waals surface area contributed by atoms with Crippen LogP contribution < -0.4 is 0 Å². The Labute approximate surface area is 128 Å². The number of fused-ring (bicyclic) bond motifs is 1. The number of aliphatic carboxylic acids is 1. The van der Waals surface area contributed by atoms with Crippen LogP contribution in [0.5, 0.6) is 0 Å². The van der Waals surface area contributed by atoms with Crippen LogP contribution in [0.4, 0.5) is 4.39 Å². The Morgan fingerprint density at radius 3 is 2.90 bits per heavy atom. The van der Waals surface area contributed by atoms with Crippen molar-refractivity contribution < 1.29 is 14.3 Å². The average Bonchev–Trinajstić information content (AvgIpc) is 2.82. The van der Waals surface area contributed by atoms with Gasteiger partial charge in [-0.05, 0) is 43.4 Å². The zero-order valence-corrected chi connectivity index (χ0v) is 12.5. The fourth-order valence-corrected chi connectivity index (χ4v) is 4.08. The Morgan fingerprint density at radius 1 is 1.38 bits per heavy atom. The maximum atomic E-state index is 13.9. The molecule has 1 saturated carbocycles. The molecule has 0 spiro atoms. The molecule has 0 bridgehead atoms. The molecule has 1 aliphatic carbocycles. The van der Waals surface area contributed by atoms with Crippen LogP contribution in [0.2, 0.25) is 5.02 Å². The second-order valence-electron chi connectivity index (χ2n) is 6.11. The Hall–Kier alpha value is -1.13. The van der Waals surface area contributed by atoms with Crippen LogP contribution in [0.1, 0.15) is 37.7 Å². The van der Waals surface area contributed by atoms with Crippen molar-refractivity contribution in [2.45, 2.75) is 50.7 Å². The summed E-state index contributed by atoms with van der Waals surface area (Å²) in [5.74, 6) is -0.684. The van der Waals surface area contributed by atoms with Gasteiger partial charge in [-0.15, -0.1) is 0 Å². The van der Waals surface area contributed by atoms with Crippen molar-refractivity contribution in [3.8, 4) is 0 Å². The number of carboxylic acid groups (broad SMARTS) is 1. The van der Waals surface area contributed by atoms with E-state index in [-0.39, 0.29) is 11.9 Å². The molecule has 0 amide bonds. The third-order valence-electron chi connectivity index (χ3n) is 4.87. The van der Waals surface area contributed by atoms with Crippen LogP contribution in [-0.2, 0) is 11.3 Å². The number of carboxylic acids is 1. The molecule has 0 aromatic heterocycles. The van der Waals surface area contributed by atoms with Gasteiger partial charge in [0.1, 0.15) is 11.9 Å². The molecular formula is C16H19ClFNO2. The first-order valence-corrected chi connectivity index (χ1v) is 7.86. The lowest BCUT2D eigenvalue weighted by atomic mass is 9.84. The van der Waals surface area contributed by atoms with Gasteiger partial charge in [0.2, 0.25) is 0 Å². The highest BCUT2D eigenvalue weighted by atomic mass is 35.5. The SMILES string of the molecule is O=C(O)C1CC2CCCCC2N1Cc1cc(Cl)ccc1F. The minimum Gasteiger partial charge on any atom is -0.480 e. The molecule has 0 radical (unpaired) electrons. The van der Waals surface area contributed by atoms with Gasteiger partial charge in [0.05, 0.1) is 0 Å². The molecule has 114 valence electrons. The predicted molar refractivity (Wildman–Crippen MR) is 78.7 cm³/mol. The summed E-state index contributed by atoms with van der Waals surface area (Å²) >= 11 is 5.94. The first-order valence-electron chi connectivity index (χ1n) is 7.48. The van der Waals surface area contributed by atoms with E-state index in [0.717, 1.165) is 19.3 Å². The van der Waals surface area contributed by atoms with Gasteiger partial charge < -0.3 is 5.11 Å². The van der Waals surface area contributed by atoms with Gasteiger partial charge >= 0.3 is 5.97 Å². The van der Waals surface area contributed by atoms with E-state index < -0.39 is 12.0 Å². The van der Waals surface area contributed by atoms with Crippen molar-refractivity contribution in [1.29, 1.82) is 0 Å².